The third-order valence-corrected chi connectivity index (χ3v) is 5.35. The second-order valence-electron chi connectivity index (χ2n) is 8.08. The van der Waals surface area contributed by atoms with Gasteiger partial charge in [-0.1, -0.05) is 6.07 Å². The van der Waals surface area contributed by atoms with Crippen molar-refractivity contribution in [1.29, 1.82) is 0 Å². The van der Waals surface area contributed by atoms with Crippen LogP contribution in [0.15, 0.2) is 23.3 Å². The fourth-order valence-corrected chi connectivity index (χ4v) is 3.76. The summed E-state index contributed by atoms with van der Waals surface area (Å²) < 4.78 is 17.5. The molecule has 0 aromatic carbocycles. The maximum absolute atomic E-state index is 6.12. The van der Waals surface area contributed by atoms with E-state index >= 15 is 0 Å². The number of ether oxygens (including phenoxy) is 3. The molecule has 7 nitrogen and oxygen atoms in total. The minimum absolute atomic E-state index is 0. The fourth-order valence-electron chi connectivity index (χ4n) is 3.76. The summed E-state index contributed by atoms with van der Waals surface area (Å²) in [7, 11) is 1.84. The van der Waals surface area contributed by atoms with Gasteiger partial charge in [0.2, 0.25) is 5.88 Å². The highest BCUT2D eigenvalue weighted by Crippen LogP contribution is 2.18. The molecule has 0 aliphatic carbocycles. The third kappa shape index (κ3) is 8.19. The highest BCUT2D eigenvalue weighted by molar-refractivity contribution is 14.0. The van der Waals surface area contributed by atoms with Gasteiger partial charge in [-0.15, -0.1) is 24.0 Å². The van der Waals surface area contributed by atoms with Gasteiger partial charge in [-0.25, -0.2) is 4.98 Å². The quantitative estimate of drug-likeness (QED) is 0.329. The van der Waals surface area contributed by atoms with E-state index in [1.165, 1.54) is 12.8 Å². The molecule has 0 radical (unpaired) electrons. The molecule has 1 atom stereocenters. The van der Waals surface area contributed by atoms with E-state index in [-0.39, 0.29) is 30.1 Å². The van der Waals surface area contributed by atoms with Gasteiger partial charge < -0.3 is 24.4 Å². The van der Waals surface area contributed by atoms with Crippen molar-refractivity contribution in [2.45, 2.75) is 70.8 Å². The van der Waals surface area contributed by atoms with Crippen molar-refractivity contribution >= 4 is 29.9 Å². The Bertz CT molecular complexity index is 628. The number of nitrogens with zero attached hydrogens (tertiary/aromatic N) is 3. The van der Waals surface area contributed by atoms with Crippen LogP contribution in [0, 0.1) is 0 Å². The molecule has 8 heteroatoms. The molecule has 0 saturated carbocycles. The van der Waals surface area contributed by atoms with Gasteiger partial charge in [-0.3, -0.25) is 4.99 Å². The number of pyridine rings is 1. The van der Waals surface area contributed by atoms with E-state index < -0.39 is 0 Å². The van der Waals surface area contributed by atoms with Gasteiger partial charge in [-0.05, 0) is 51.5 Å². The van der Waals surface area contributed by atoms with Gasteiger partial charge in [0, 0.05) is 45.6 Å². The van der Waals surface area contributed by atoms with Crippen LogP contribution < -0.4 is 10.1 Å². The van der Waals surface area contributed by atoms with Crippen LogP contribution in [0.2, 0.25) is 0 Å². The molecule has 1 aromatic rings. The van der Waals surface area contributed by atoms with Crippen LogP contribution in [0.5, 0.6) is 5.88 Å². The monoisotopic (exact) mass is 532 g/mol. The number of guanidine groups is 1. The van der Waals surface area contributed by atoms with Gasteiger partial charge in [0.1, 0.15) is 0 Å². The van der Waals surface area contributed by atoms with Crippen molar-refractivity contribution in [3.05, 3.63) is 23.9 Å². The number of likely N-dealkylation sites (tertiary alicyclic amines) is 1. The second kappa shape index (κ2) is 13.3. The maximum Gasteiger partial charge on any atom is 0.213 e. The molecule has 170 valence electrons. The first-order chi connectivity index (χ1) is 14.1. The predicted octanol–water partition coefficient (Wildman–Crippen LogP) is 3.61. The van der Waals surface area contributed by atoms with E-state index in [9.17, 15) is 0 Å². The number of hydrogen-bond acceptors (Lipinski definition) is 5. The molecule has 2 fully saturated rings. The van der Waals surface area contributed by atoms with Crippen molar-refractivity contribution < 1.29 is 14.2 Å². The Morgan fingerprint density at radius 3 is 2.67 bits per heavy atom. The second-order valence-corrected chi connectivity index (χ2v) is 8.08. The van der Waals surface area contributed by atoms with Gasteiger partial charge in [0.15, 0.2) is 5.96 Å². The first-order valence-corrected chi connectivity index (χ1v) is 10.9. The Balaban J connectivity index is 0.00000320. The van der Waals surface area contributed by atoms with Crippen LogP contribution in [0.4, 0.5) is 0 Å². The van der Waals surface area contributed by atoms with Crippen molar-refractivity contribution in [1.82, 2.24) is 15.2 Å². The summed E-state index contributed by atoms with van der Waals surface area (Å²) in [6.07, 6.45) is 8.24. The molecule has 3 rings (SSSR count). The van der Waals surface area contributed by atoms with Crippen LogP contribution in [-0.2, 0) is 16.0 Å². The SMILES string of the molecule is CN=C(NCc1ccc(OC(C)C)nc1)N1CCC(OCC2CCCCO2)CC1.I. The Labute approximate surface area is 198 Å². The molecule has 3 heterocycles. The molecule has 0 bridgehead atoms. The van der Waals surface area contributed by atoms with E-state index in [1.54, 1.807) is 0 Å². The van der Waals surface area contributed by atoms with Crippen LogP contribution >= 0.6 is 24.0 Å². The minimum Gasteiger partial charge on any atom is -0.475 e. The topological polar surface area (TPSA) is 68.2 Å². The van der Waals surface area contributed by atoms with Crippen molar-refractivity contribution in [2.75, 3.05) is 33.4 Å². The lowest BCUT2D eigenvalue weighted by molar-refractivity contribution is -0.0721. The van der Waals surface area contributed by atoms with Gasteiger partial charge in [0.05, 0.1) is 24.9 Å². The average molecular weight is 532 g/mol. The Kier molecular flexibility index (Phi) is 11.2. The lowest BCUT2D eigenvalue weighted by Crippen LogP contribution is -2.47. The molecule has 0 spiro atoms. The van der Waals surface area contributed by atoms with Crippen molar-refractivity contribution in [3.63, 3.8) is 0 Å². The number of hydrogen-bond donors (Lipinski definition) is 1. The van der Waals surface area contributed by atoms with Crippen molar-refractivity contribution in [3.8, 4) is 5.88 Å². The summed E-state index contributed by atoms with van der Waals surface area (Å²) in [5.41, 5.74) is 1.10. The third-order valence-electron chi connectivity index (χ3n) is 5.35. The molecule has 2 saturated heterocycles. The molecule has 2 aliphatic rings. The van der Waals surface area contributed by atoms with Gasteiger partial charge in [0.25, 0.3) is 0 Å². The standard InChI is InChI=1S/C22H36N4O3.HI/c1-17(2)29-21-8-7-18(14-24-21)15-25-22(23-3)26-11-9-19(10-12-26)28-16-20-6-4-5-13-27-20;/h7-8,14,17,19-20H,4-6,9-13,15-16H2,1-3H3,(H,23,25);1H. The number of aromatic nitrogens is 1. The molecule has 1 unspecified atom stereocenters. The zero-order chi connectivity index (χ0) is 20.5. The zero-order valence-corrected chi connectivity index (χ0v) is 20.8. The van der Waals surface area contributed by atoms with E-state index in [4.69, 9.17) is 14.2 Å². The average Bonchev–Trinajstić information content (AvgIpc) is 2.75. The summed E-state index contributed by atoms with van der Waals surface area (Å²) in [5, 5.41) is 3.45. The minimum atomic E-state index is 0. The molecule has 1 aromatic heterocycles. The molecule has 1 N–H and O–H groups in total. The van der Waals surface area contributed by atoms with E-state index in [1.807, 2.05) is 39.2 Å². The molecule has 30 heavy (non-hydrogen) atoms. The van der Waals surface area contributed by atoms with Crippen LogP contribution in [0.25, 0.3) is 0 Å². The number of nitrogens with one attached hydrogen (secondary N) is 1. The van der Waals surface area contributed by atoms with E-state index in [0.717, 1.165) is 57.1 Å². The first-order valence-electron chi connectivity index (χ1n) is 10.9. The fraction of sp³-hybridized carbons (Fsp3) is 0.727. The lowest BCUT2D eigenvalue weighted by atomic mass is 10.1. The normalized spacial score (nSPS) is 20.7. The Morgan fingerprint density at radius 1 is 1.27 bits per heavy atom. The number of rotatable bonds is 7. The number of halogens is 1. The Hall–Kier alpha value is -1.13. The van der Waals surface area contributed by atoms with E-state index in [2.05, 4.69) is 20.2 Å². The predicted molar refractivity (Wildman–Crippen MR) is 130 cm³/mol. The van der Waals surface area contributed by atoms with Crippen LogP contribution in [-0.4, -0.2) is 67.5 Å². The summed E-state index contributed by atoms with van der Waals surface area (Å²) in [6.45, 7) is 8.22. The van der Waals surface area contributed by atoms with E-state index in [0.29, 0.717) is 24.6 Å². The molecule has 0 amide bonds. The van der Waals surface area contributed by atoms with Crippen molar-refractivity contribution in [2.24, 2.45) is 4.99 Å². The Morgan fingerprint density at radius 2 is 2.07 bits per heavy atom. The largest absolute Gasteiger partial charge is 0.475 e. The maximum atomic E-state index is 6.12. The summed E-state index contributed by atoms with van der Waals surface area (Å²) in [6, 6.07) is 3.96. The van der Waals surface area contributed by atoms with Gasteiger partial charge in [-0.2, -0.15) is 0 Å². The first kappa shape index (κ1) is 25.1. The highest BCUT2D eigenvalue weighted by atomic mass is 127. The van der Waals surface area contributed by atoms with Crippen LogP contribution in [0.1, 0.15) is 51.5 Å². The lowest BCUT2D eigenvalue weighted by Gasteiger charge is -2.35. The number of aliphatic imine (C=N–C) groups is 1. The highest BCUT2D eigenvalue weighted by Gasteiger charge is 2.23. The molecular formula is C22H37IN4O3. The molecular weight excluding hydrogens is 495 g/mol. The van der Waals surface area contributed by atoms with Gasteiger partial charge >= 0.3 is 0 Å². The summed E-state index contributed by atoms with van der Waals surface area (Å²) >= 11 is 0. The number of piperidine rings is 1. The zero-order valence-electron chi connectivity index (χ0n) is 18.5. The van der Waals surface area contributed by atoms with Crippen LogP contribution in [0.3, 0.4) is 0 Å². The summed E-state index contributed by atoms with van der Waals surface area (Å²) in [4.78, 5) is 11.1. The summed E-state index contributed by atoms with van der Waals surface area (Å²) in [5.74, 6) is 1.59. The molecule has 2 aliphatic heterocycles. The smallest absolute Gasteiger partial charge is 0.213 e.